The lowest BCUT2D eigenvalue weighted by molar-refractivity contribution is 0.0922. The van der Waals surface area contributed by atoms with E-state index in [-0.39, 0.29) is 5.91 Å². The number of hydrogen-bond acceptors (Lipinski definition) is 1. The molecule has 1 aromatic heterocycles. The molecule has 1 heterocycles. The van der Waals surface area contributed by atoms with Crippen molar-refractivity contribution in [1.82, 2.24) is 10.3 Å². The highest BCUT2D eigenvalue weighted by atomic mass is 79.9. The number of amides is 1. The maximum atomic E-state index is 12.0. The van der Waals surface area contributed by atoms with Gasteiger partial charge in [-0.25, -0.2) is 0 Å². The van der Waals surface area contributed by atoms with E-state index in [1.54, 1.807) is 6.20 Å². The molecule has 2 N–H and O–H groups in total. The van der Waals surface area contributed by atoms with Crippen LogP contribution in [0.5, 0.6) is 0 Å². The van der Waals surface area contributed by atoms with E-state index in [0.717, 1.165) is 16.3 Å². The summed E-state index contributed by atoms with van der Waals surface area (Å²) in [7, 11) is 0. The number of carbonyl (C=O) groups excluding carboxylic acids is 1. The van der Waals surface area contributed by atoms with Crippen molar-refractivity contribution in [3.05, 3.63) is 22.4 Å². The predicted octanol–water partition coefficient (Wildman–Crippen LogP) is 2.70. The van der Waals surface area contributed by atoms with Crippen LogP contribution in [0.3, 0.4) is 0 Å². The summed E-state index contributed by atoms with van der Waals surface area (Å²) in [6, 6.07) is 2.25. The smallest absolute Gasteiger partial charge is 0.267 e. The second-order valence-corrected chi connectivity index (χ2v) is 5.82. The van der Waals surface area contributed by atoms with Crippen LogP contribution in [0.2, 0.25) is 0 Å². The van der Waals surface area contributed by atoms with Crippen LogP contribution < -0.4 is 5.32 Å². The number of H-pyrrole nitrogens is 1. The molecular formula is C12H15BrN2O. The molecule has 0 saturated heterocycles. The summed E-state index contributed by atoms with van der Waals surface area (Å²) in [5.74, 6) is 1.53. The minimum Gasteiger partial charge on any atom is -0.356 e. The predicted molar refractivity (Wildman–Crippen MR) is 65.2 cm³/mol. The standard InChI is InChI=1S/C12H15BrN2O/c13-9-5-10(14-6-9)12(16)15-11(7-1-2-7)8-3-4-8/h5-8,11,14H,1-4H2,(H,15,16). The third-order valence-corrected chi connectivity index (χ3v) is 3.91. The number of nitrogens with one attached hydrogen (secondary N) is 2. The molecule has 3 nitrogen and oxygen atoms in total. The average molecular weight is 283 g/mol. The fraction of sp³-hybridized carbons (Fsp3) is 0.583. The highest BCUT2D eigenvalue weighted by molar-refractivity contribution is 9.10. The van der Waals surface area contributed by atoms with Crippen molar-refractivity contribution in [2.75, 3.05) is 0 Å². The van der Waals surface area contributed by atoms with Crippen LogP contribution in [-0.4, -0.2) is 16.9 Å². The molecule has 16 heavy (non-hydrogen) atoms. The van der Waals surface area contributed by atoms with E-state index in [4.69, 9.17) is 0 Å². The summed E-state index contributed by atoms with van der Waals surface area (Å²) >= 11 is 3.34. The molecule has 4 heteroatoms. The van der Waals surface area contributed by atoms with Crippen LogP contribution >= 0.6 is 15.9 Å². The molecule has 2 aliphatic carbocycles. The summed E-state index contributed by atoms with van der Waals surface area (Å²) in [4.78, 5) is 14.9. The Labute approximate surface area is 103 Å². The Balaban J connectivity index is 1.66. The molecule has 0 aromatic carbocycles. The van der Waals surface area contributed by atoms with Gasteiger partial charge in [0.15, 0.2) is 0 Å². The fourth-order valence-electron chi connectivity index (χ4n) is 2.26. The molecule has 86 valence electrons. The van der Waals surface area contributed by atoms with E-state index < -0.39 is 0 Å². The van der Waals surface area contributed by atoms with E-state index in [0.29, 0.717) is 11.7 Å². The van der Waals surface area contributed by atoms with Crippen molar-refractivity contribution in [3.8, 4) is 0 Å². The zero-order valence-electron chi connectivity index (χ0n) is 9.00. The molecule has 1 amide bonds. The second-order valence-electron chi connectivity index (χ2n) is 4.91. The summed E-state index contributed by atoms with van der Waals surface area (Å²) < 4.78 is 0.923. The normalized spacial score (nSPS) is 20.1. The number of rotatable bonds is 4. The molecule has 3 rings (SSSR count). The van der Waals surface area contributed by atoms with Crippen molar-refractivity contribution in [3.63, 3.8) is 0 Å². The highest BCUT2D eigenvalue weighted by Crippen LogP contribution is 2.44. The van der Waals surface area contributed by atoms with Crippen molar-refractivity contribution in [1.29, 1.82) is 0 Å². The molecule has 0 aliphatic heterocycles. The molecule has 0 radical (unpaired) electrons. The van der Waals surface area contributed by atoms with Crippen LogP contribution in [0.4, 0.5) is 0 Å². The highest BCUT2D eigenvalue weighted by Gasteiger charge is 2.42. The van der Waals surface area contributed by atoms with Gasteiger partial charge in [-0.2, -0.15) is 0 Å². The molecule has 0 spiro atoms. The number of aromatic nitrogens is 1. The first-order chi connectivity index (χ1) is 7.74. The Bertz CT molecular complexity index is 395. The maximum absolute atomic E-state index is 12.0. The van der Waals surface area contributed by atoms with Crippen LogP contribution in [-0.2, 0) is 0 Å². The van der Waals surface area contributed by atoms with Gasteiger partial charge in [0.25, 0.3) is 5.91 Å². The van der Waals surface area contributed by atoms with Gasteiger partial charge in [0, 0.05) is 16.7 Å². The quantitative estimate of drug-likeness (QED) is 0.876. The third kappa shape index (κ3) is 2.17. The summed E-state index contributed by atoms with van der Waals surface area (Å²) in [6.45, 7) is 0. The lowest BCUT2D eigenvalue weighted by Gasteiger charge is -2.16. The van der Waals surface area contributed by atoms with Crippen LogP contribution in [0.15, 0.2) is 16.7 Å². The van der Waals surface area contributed by atoms with Crippen LogP contribution in [0, 0.1) is 11.8 Å². The molecule has 0 unspecified atom stereocenters. The number of aromatic amines is 1. The maximum Gasteiger partial charge on any atom is 0.267 e. The van der Waals surface area contributed by atoms with Gasteiger partial charge < -0.3 is 10.3 Å². The van der Waals surface area contributed by atoms with Gasteiger partial charge in [0.1, 0.15) is 5.69 Å². The SMILES string of the molecule is O=C(NC(C1CC1)C1CC1)c1cc(Br)c[nH]1. The first kappa shape index (κ1) is 10.4. The topological polar surface area (TPSA) is 44.9 Å². The van der Waals surface area contributed by atoms with E-state index in [2.05, 4.69) is 26.2 Å². The summed E-state index contributed by atoms with van der Waals surface area (Å²) in [5.41, 5.74) is 0.651. The molecule has 2 fully saturated rings. The average Bonchev–Trinajstić information content (AvgIpc) is 3.14. The van der Waals surface area contributed by atoms with Gasteiger partial charge in [-0.1, -0.05) is 0 Å². The molecule has 0 bridgehead atoms. The van der Waals surface area contributed by atoms with Gasteiger partial charge in [0.2, 0.25) is 0 Å². The van der Waals surface area contributed by atoms with E-state index in [1.165, 1.54) is 25.7 Å². The van der Waals surface area contributed by atoms with Crippen molar-refractivity contribution in [2.45, 2.75) is 31.7 Å². The van der Waals surface area contributed by atoms with Crippen molar-refractivity contribution >= 4 is 21.8 Å². The largest absolute Gasteiger partial charge is 0.356 e. The van der Waals surface area contributed by atoms with E-state index in [1.807, 2.05) is 6.07 Å². The van der Waals surface area contributed by atoms with Gasteiger partial charge in [-0.3, -0.25) is 4.79 Å². The van der Waals surface area contributed by atoms with Gasteiger partial charge in [0.05, 0.1) is 0 Å². The van der Waals surface area contributed by atoms with Gasteiger partial charge in [-0.05, 0) is 59.5 Å². The molecule has 0 atom stereocenters. The number of halogens is 1. The zero-order chi connectivity index (χ0) is 11.1. The van der Waals surface area contributed by atoms with Crippen LogP contribution in [0.1, 0.15) is 36.2 Å². The monoisotopic (exact) mass is 282 g/mol. The van der Waals surface area contributed by atoms with Crippen molar-refractivity contribution in [2.24, 2.45) is 11.8 Å². The Hall–Kier alpha value is -0.770. The lowest BCUT2D eigenvalue weighted by atomic mass is 10.1. The fourth-order valence-corrected chi connectivity index (χ4v) is 2.60. The minimum absolute atomic E-state index is 0.0366. The van der Waals surface area contributed by atoms with E-state index >= 15 is 0 Å². The summed E-state index contributed by atoms with van der Waals surface area (Å²) in [5, 5.41) is 3.18. The van der Waals surface area contributed by atoms with Gasteiger partial charge >= 0.3 is 0 Å². The molecular weight excluding hydrogens is 268 g/mol. The van der Waals surface area contributed by atoms with Crippen LogP contribution in [0.25, 0.3) is 0 Å². The Morgan fingerprint density at radius 2 is 2.00 bits per heavy atom. The number of hydrogen-bond donors (Lipinski definition) is 2. The third-order valence-electron chi connectivity index (χ3n) is 3.45. The lowest BCUT2D eigenvalue weighted by Crippen LogP contribution is -2.38. The molecule has 2 saturated carbocycles. The first-order valence-electron chi connectivity index (χ1n) is 5.89. The molecule has 1 aromatic rings. The summed E-state index contributed by atoms with van der Waals surface area (Å²) in [6.07, 6.45) is 6.94. The minimum atomic E-state index is 0.0366. The Kier molecular flexibility index (Phi) is 2.54. The van der Waals surface area contributed by atoms with Gasteiger partial charge in [-0.15, -0.1) is 0 Å². The second kappa shape index (κ2) is 3.91. The first-order valence-corrected chi connectivity index (χ1v) is 6.68. The zero-order valence-corrected chi connectivity index (χ0v) is 10.6. The Morgan fingerprint density at radius 3 is 2.44 bits per heavy atom. The number of carbonyl (C=O) groups is 1. The van der Waals surface area contributed by atoms with Crippen molar-refractivity contribution < 1.29 is 4.79 Å². The Morgan fingerprint density at radius 1 is 1.38 bits per heavy atom. The molecule has 2 aliphatic rings. The van der Waals surface area contributed by atoms with E-state index in [9.17, 15) is 4.79 Å².